The first-order valence-corrected chi connectivity index (χ1v) is 12.8. The summed E-state index contributed by atoms with van der Waals surface area (Å²) >= 11 is 1.53. The van der Waals surface area contributed by atoms with Crippen molar-refractivity contribution in [3.63, 3.8) is 0 Å². The van der Waals surface area contributed by atoms with E-state index in [-0.39, 0.29) is 4.90 Å². The first kappa shape index (κ1) is 22.5. The molecule has 2 aromatic carbocycles. The summed E-state index contributed by atoms with van der Waals surface area (Å²) in [4.78, 5) is 6.87. The lowest BCUT2D eigenvalue weighted by Gasteiger charge is -2.33. The third-order valence-electron chi connectivity index (χ3n) is 5.40. The van der Waals surface area contributed by atoms with Crippen molar-refractivity contribution in [1.29, 1.82) is 5.26 Å². The van der Waals surface area contributed by atoms with Crippen molar-refractivity contribution in [2.45, 2.75) is 22.2 Å². The molecular formula is C24H24N4O2S2. The molecule has 3 aromatic rings. The number of nitriles is 1. The second kappa shape index (κ2) is 10.3. The number of sulfonamides is 1. The smallest absolute Gasteiger partial charge is 0.244 e. The second-order valence-corrected chi connectivity index (χ2v) is 10.5. The Kier molecular flexibility index (Phi) is 7.22. The van der Waals surface area contributed by atoms with Crippen molar-refractivity contribution in [3.05, 3.63) is 89.6 Å². The van der Waals surface area contributed by atoms with Crippen molar-refractivity contribution in [2.24, 2.45) is 0 Å². The minimum atomic E-state index is -3.55. The average molecular weight is 465 g/mol. The Bertz CT molecular complexity index is 1170. The van der Waals surface area contributed by atoms with Gasteiger partial charge in [0, 0.05) is 44.7 Å². The van der Waals surface area contributed by atoms with Crippen LogP contribution in [-0.4, -0.2) is 48.8 Å². The number of pyridine rings is 1. The van der Waals surface area contributed by atoms with Crippen LogP contribution in [0.4, 0.5) is 0 Å². The fourth-order valence-corrected chi connectivity index (χ4v) is 5.72. The summed E-state index contributed by atoms with van der Waals surface area (Å²) in [6, 6.07) is 23.1. The van der Waals surface area contributed by atoms with Crippen molar-refractivity contribution in [2.75, 3.05) is 26.2 Å². The first-order valence-electron chi connectivity index (χ1n) is 10.4. The fourth-order valence-electron chi connectivity index (χ4n) is 3.56. The Morgan fingerprint density at radius 1 is 0.906 bits per heavy atom. The van der Waals surface area contributed by atoms with Crippen LogP contribution in [0.1, 0.15) is 16.7 Å². The fraction of sp³-hybridized carbons (Fsp3) is 0.250. The lowest BCUT2D eigenvalue weighted by Crippen LogP contribution is -2.48. The number of hydrogen-bond acceptors (Lipinski definition) is 6. The van der Waals surface area contributed by atoms with E-state index in [9.17, 15) is 8.42 Å². The highest BCUT2D eigenvalue weighted by molar-refractivity contribution is 7.98. The lowest BCUT2D eigenvalue weighted by atomic mass is 10.2. The van der Waals surface area contributed by atoms with Crippen molar-refractivity contribution in [1.82, 2.24) is 14.2 Å². The van der Waals surface area contributed by atoms with Crippen molar-refractivity contribution < 1.29 is 8.42 Å². The van der Waals surface area contributed by atoms with Crippen LogP contribution in [-0.2, 0) is 22.3 Å². The van der Waals surface area contributed by atoms with Crippen molar-refractivity contribution in [3.8, 4) is 6.07 Å². The standard InChI is InChI=1S/C24H24N4O2S2/c25-16-20-6-8-22(9-7-20)19-31-24-11-10-23(17-26-24)32(29,30)28-14-12-27(13-15-28)18-21-4-2-1-3-5-21/h1-11,17H,12-15,18-19H2. The normalized spacial score (nSPS) is 15.3. The number of aromatic nitrogens is 1. The molecule has 1 saturated heterocycles. The van der Waals surface area contributed by atoms with Crippen LogP contribution < -0.4 is 0 Å². The molecule has 1 fully saturated rings. The molecule has 0 spiro atoms. The molecule has 8 heteroatoms. The zero-order valence-electron chi connectivity index (χ0n) is 17.6. The van der Waals surface area contributed by atoms with E-state index in [1.54, 1.807) is 28.6 Å². The Balaban J connectivity index is 1.32. The van der Waals surface area contributed by atoms with Crippen molar-refractivity contribution >= 4 is 21.8 Å². The molecule has 0 N–H and O–H groups in total. The molecule has 0 unspecified atom stereocenters. The molecule has 2 heterocycles. The molecule has 0 atom stereocenters. The topological polar surface area (TPSA) is 77.3 Å². The summed E-state index contributed by atoms with van der Waals surface area (Å²) in [7, 11) is -3.55. The number of piperazine rings is 1. The van der Waals surface area contributed by atoms with Crippen LogP contribution >= 0.6 is 11.8 Å². The Labute approximate surface area is 193 Å². The third kappa shape index (κ3) is 5.56. The van der Waals surface area contributed by atoms with E-state index in [0.717, 1.165) is 17.1 Å². The minimum absolute atomic E-state index is 0.233. The summed E-state index contributed by atoms with van der Waals surface area (Å²) < 4.78 is 27.6. The van der Waals surface area contributed by atoms with Gasteiger partial charge in [-0.2, -0.15) is 9.57 Å². The molecule has 0 bridgehead atoms. The summed E-state index contributed by atoms with van der Waals surface area (Å²) in [5.41, 5.74) is 2.95. The van der Waals surface area contributed by atoms with E-state index in [1.165, 1.54) is 23.5 Å². The maximum absolute atomic E-state index is 13.0. The molecule has 1 aliphatic rings. The summed E-state index contributed by atoms with van der Waals surface area (Å²) in [5, 5.41) is 9.64. The number of nitrogens with zero attached hydrogens (tertiary/aromatic N) is 4. The molecule has 164 valence electrons. The Morgan fingerprint density at radius 2 is 1.62 bits per heavy atom. The van der Waals surface area contributed by atoms with E-state index in [0.29, 0.717) is 37.5 Å². The van der Waals surface area contributed by atoms with Gasteiger partial charge >= 0.3 is 0 Å². The quantitative estimate of drug-likeness (QED) is 0.496. The van der Waals surface area contributed by atoms with Gasteiger partial charge in [-0.1, -0.05) is 42.5 Å². The zero-order chi connectivity index (χ0) is 22.4. The summed E-state index contributed by atoms with van der Waals surface area (Å²) in [6.07, 6.45) is 1.45. The molecule has 0 aliphatic carbocycles. The van der Waals surface area contributed by atoms with Crippen LogP contribution in [0.15, 0.2) is 82.8 Å². The number of thioether (sulfide) groups is 1. The molecular weight excluding hydrogens is 440 g/mol. The molecule has 4 rings (SSSR count). The van der Waals surface area contributed by atoms with E-state index in [1.807, 2.05) is 30.3 Å². The van der Waals surface area contributed by atoms with Gasteiger partial charge in [0.05, 0.1) is 16.7 Å². The van der Waals surface area contributed by atoms with E-state index in [2.05, 4.69) is 28.1 Å². The monoisotopic (exact) mass is 464 g/mol. The molecule has 1 aliphatic heterocycles. The predicted molar refractivity (Wildman–Crippen MR) is 125 cm³/mol. The maximum Gasteiger partial charge on any atom is 0.244 e. The Hall–Kier alpha value is -2.70. The number of hydrogen-bond donors (Lipinski definition) is 0. The van der Waals surface area contributed by atoms with Crippen LogP contribution in [0.3, 0.4) is 0 Å². The molecule has 6 nitrogen and oxygen atoms in total. The minimum Gasteiger partial charge on any atom is -0.296 e. The van der Waals surface area contributed by atoms with Gasteiger partial charge in [-0.15, -0.1) is 11.8 Å². The zero-order valence-corrected chi connectivity index (χ0v) is 19.2. The van der Waals surface area contributed by atoms with Crippen LogP contribution in [0, 0.1) is 11.3 Å². The number of rotatable bonds is 7. The van der Waals surface area contributed by atoms with Crippen LogP contribution in [0.25, 0.3) is 0 Å². The maximum atomic E-state index is 13.0. The lowest BCUT2D eigenvalue weighted by molar-refractivity contribution is 0.181. The number of benzene rings is 2. The molecule has 1 aromatic heterocycles. The summed E-state index contributed by atoms with van der Waals surface area (Å²) in [6.45, 7) is 3.20. The van der Waals surface area contributed by atoms with Crippen LogP contribution in [0.5, 0.6) is 0 Å². The van der Waals surface area contributed by atoms with Gasteiger partial charge in [0.1, 0.15) is 4.90 Å². The SMILES string of the molecule is N#Cc1ccc(CSc2ccc(S(=O)(=O)N3CCN(Cc4ccccc4)CC3)cn2)cc1. The third-order valence-corrected chi connectivity index (χ3v) is 8.29. The second-order valence-electron chi connectivity index (χ2n) is 7.60. The van der Waals surface area contributed by atoms with Crippen LogP contribution in [0.2, 0.25) is 0 Å². The van der Waals surface area contributed by atoms with Gasteiger partial charge < -0.3 is 0 Å². The summed E-state index contributed by atoms with van der Waals surface area (Å²) in [5.74, 6) is 0.703. The van der Waals surface area contributed by atoms with Gasteiger partial charge in [-0.25, -0.2) is 13.4 Å². The highest BCUT2D eigenvalue weighted by Crippen LogP contribution is 2.24. The van der Waals surface area contributed by atoms with E-state index >= 15 is 0 Å². The largest absolute Gasteiger partial charge is 0.296 e. The van der Waals surface area contributed by atoms with Gasteiger partial charge in [-0.3, -0.25) is 4.90 Å². The van der Waals surface area contributed by atoms with Gasteiger partial charge in [-0.05, 0) is 35.4 Å². The van der Waals surface area contributed by atoms with Gasteiger partial charge in [0.2, 0.25) is 10.0 Å². The predicted octanol–water partition coefficient (Wildman–Crippen LogP) is 3.75. The van der Waals surface area contributed by atoms with E-state index < -0.39 is 10.0 Å². The highest BCUT2D eigenvalue weighted by Gasteiger charge is 2.28. The molecule has 0 radical (unpaired) electrons. The van der Waals surface area contributed by atoms with Gasteiger partial charge in [0.15, 0.2) is 0 Å². The molecule has 32 heavy (non-hydrogen) atoms. The van der Waals surface area contributed by atoms with Gasteiger partial charge in [0.25, 0.3) is 0 Å². The molecule has 0 saturated carbocycles. The van der Waals surface area contributed by atoms with E-state index in [4.69, 9.17) is 5.26 Å². The average Bonchev–Trinajstić information content (AvgIpc) is 2.84. The molecule has 0 amide bonds. The highest BCUT2D eigenvalue weighted by atomic mass is 32.2. The Morgan fingerprint density at radius 3 is 2.25 bits per heavy atom. The first-order chi connectivity index (χ1) is 15.5.